The molecule has 1 aromatic heterocycles. The Balaban J connectivity index is 1.69. The van der Waals surface area contributed by atoms with E-state index in [0.29, 0.717) is 28.9 Å². The minimum Gasteiger partial charge on any atom is -0.497 e. The Morgan fingerprint density at radius 3 is 2.44 bits per heavy atom. The Morgan fingerprint density at radius 2 is 1.78 bits per heavy atom. The molecular formula is C20H19ClN4O2. The SMILES string of the molecule is COc1ccc(NC(=O)c2cc(NCc3ccc(Cl)cc3)nc(C)n2)cc1. The van der Waals surface area contributed by atoms with Gasteiger partial charge >= 0.3 is 0 Å². The average molecular weight is 383 g/mol. The molecule has 3 aromatic rings. The predicted molar refractivity (Wildman–Crippen MR) is 106 cm³/mol. The van der Waals surface area contributed by atoms with Crippen LogP contribution in [-0.2, 0) is 6.54 Å². The summed E-state index contributed by atoms with van der Waals surface area (Å²) in [6.45, 7) is 2.31. The van der Waals surface area contributed by atoms with Gasteiger partial charge in [0.15, 0.2) is 0 Å². The van der Waals surface area contributed by atoms with Crippen LogP contribution in [0, 0.1) is 6.92 Å². The van der Waals surface area contributed by atoms with Crippen LogP contribution in [0.15, 0.2) is 54.6 Å². The molecule has 0 aliphatic rings. The quantitative estimate of drug-likeness (QED) is 0.664. The lowest BCUT2D eigenvalue weighted by atomic mass is 10.2. The molecule has 0 atom stereocenters. The predicted octanol–water partition coefficient (Wildman–Crippen LogP) is 4.31. The highest BCUT2D eigenvalue weighted by atomic mass is 35.5. The van der Waals surface area contributed by atoms with Crippen LogP contribution >= 0.6 is 11.6 Å². The first kappa shape index (κ1) is 18.7. The molecule has 0 bridgehead atoms. The summed E-state index contributed by atoms with van der Waals surface area (Å²) >= 11 is 5.90. The summed E-state index contributed by atoms with van der Waals surface area (Å²) in [5.74, 6) is 1.51. The van der Waals surface area contributed by atoms with Gasteiger partial charge in [0.2, 0.25) is 0 Å². The summed E-state index contributed by atoms with van der Waals surface area (Å²) in [7, 11) is 1.59. The van der Waals surface area contributed by atoms with Crippen molar-refractivity contribution in [2.45, 2.75) is 13.5 Å². The number of rotatable bonds is 6. The molecule has 1 heterocycles. The number of amides is 1. The third kappa shape index (κ3) is 5.18. The fourth-order valence-electron chi connectivity index (χ4n) is 2.44. The second-order valence-corrected chi connectivity index (χ2v) is 6.28. The van der Waals surface area contributed by atoms with E-state index in [9.17, 15) is 4.79 Å². The number of hydrogen-bond acceptors (Lipinski definition) is 5. The molecule has 6 nitrogen and oxygen atoms in total. The zero-order valence-corrected chi connectivity index (χ0v) is 15.7. The van der Waals surface area contributed by atoms with Gasteiger partial charge in [-0.3, -0.25) is 4.79 Å². The van der Waals surface area contributed by atoms with Crippen LogP contribution in [-0.4, -0.2) is 23.0 Å². The average Bonchev–Trinajstić information content (AvgIpc) is 2.68. The third-order valence-electron chi connectivity index (χ3n) is 3.81. The van der Waals surface area contributed by atoms with Crippen LogP contribution in [0.1, 0.15) is 21.9 Å². The molecule has 0 saturated carbocycles. The minimum absolute atomic E-state index is 0.289. The number of halogens is 1. The molecule has 27 heavy (non-hydrogen) atoms. The number of aryl methyl sites for hydroxylation is 1. The Kier molecular flexibility index (Phi) is 5.88. The van der Waals surface area contributed by atoms with Crippen molar-refractivity contribution in [1.29, 1.82) is 0 Å². The van der Waals surface area contributed by atoms with Gasteiger partial charge in [-0.2, -0.15) is 0 Å². The first-order valence-corrected chi connectivity index (χ1v) is 8.71. The number of carbonyl (C=O) groups excluding carboxylic acids is 1. The van der Waals surface area contributed by atoms with Gasteiger partial charge in [0.25, 0.3) is 5.91 Å². The van der Waals surface area contributed by atoms with Gasteiger partial charge in [-0.25, -0.2) is 9.97 Å². The maximum atomic E-state index is 12.5. The lowest BCUT2D eigenvalue weighted by Crippen LogP contribution is -2.15. The standard InChI is InChI=1S/C20H19ClN4O2/c1-13-23-18(20(26)25-16-7-9-17(27-2)10-8-16)11-19(24-13)22-12-14-3-5-15(21)6-4-14/h3-11H,12H2,1-2H3,(H,25,26)(H,22,23,24). The molecule has 3 rings (SSSR count). The molecule has 0 aliphatic heterocycles. The molecule has 2 aromatic carbocycles. The Bertz CT molecular complexity index is 928. The normalized spacial score (nSPS) is 10.3. The number of ether oxygens (including phenoxy) is 1. The van der Waals surface area contributed by atoms with Crippen molar-refractivity contribution in [3.63, 3.8) is 0 Å². The molecule has 0 radical (unpaired) electrons. The van der Waals surface area contributed by atoms with Crippen molar-refractivity contribution in [1.82, 2.24) is 9.97 Å². The molecule has 2 N–H and O–H groups in total. The summed E-state index contributed by atoms with van der Waals surface area (Å²) in [6.07, 6.45) is 0. The number of nitrogens with zero attached hydrogens (tertiary/aromatic N) is 2. The van der Waals surface area contributed by atoms with Crippen LogP contribution in [0.5, 0.6) is 5.75 Å². The molecule has 0 aliphatic carbocycles. The van der Waals surface area contributed by atoms with Crippen LogP contribution in [0.4, 0.5) is 11.5 Å². The van der Waals surface area contributed by atoms with Gasteiger partial charge < -0.3 is 15.4 Å². The summed E-state index contributed by atoms with van der Waals surface area (Å²) in [6, 6.07) is 16.2. The summed E-state index contributed by atoms with van der Waals surface area (Å²) in [5, 5.41) is 6.71. The molecule has 138 valence electrons. The van der Waals surface area contributed by atoms with Gasteiger partial charge in [-0.1, -0.05) is 23.7 Å². The first-order chi connectivity index (χ1) is 13.0. The zero-order chi connectivity index (χ0) is 19.2. The van der Waals surface area contributed by atoms with Crippen molar-refractivity contribution in [2.24, 2.45) is 0 Å². The molecule has 1 amide bonds. The topological polar surface area (TPSA) is 76.1 Å². The van der Waals surface area contributed by atoms with E-state index in [1.165, 1.54) is 0 Å². The van der Waals surface area contributed by atoms with Crippen LogP contribution in [0.25, 0.3) is 0 Å². The number of carbonyl (C=O) groups is 1. The third-order valence-corrected chi connectivity index (χ3v) is 4.06. The van der Waals surface area contributed by atoms with E-state index in [4.69, 9.17) is 16.3 Å². The number of anilines is 2. The Hall–Kier alpha value is -3.12. The van der Waals surface area contributed by atoms with Crippen molar-refractivity contribution < 1.29 is 9.53 Å². The highest BCUT2D eigenvalue weighted by molar-refractivity contribution is 6.30. The fourth-order valence-corrected chi connectivity index (χ4v) is 2.56. The molecule has 0 spiro atoms. The van der Waals surface area contributed by atoms with Crippen LogP contribution in [0.2, 0.25) is 5.02 Å². The molecule has 7 heteroatoms. The van der Waals surface area contributed by atoms with Crippen molar-refractivity contribution in [3.8, 4) is 5.75 Å². The highest BCUT2D eigenvalue weighted by Gasteiger charge is 2.11. The Labute approximate surface area is 162 Å². The lowest BCUT2D eigenvalue weighted by molar-refractivity contribution is 0.102. The number of aromatic nitrogens is 2. The van der Waals surface area contributed by atoms with Gasteiger partial charge in [-0.15, -0.1) is 0 Å². The zero-order valence-electron chi connectivity index (χ0n) is 15.0. The van der Waals surface area contributed by atoms with Crippen molar-refractivity contribution >= 4 is 29.0 Å². The summed E-state index contributed by atoms with van der Waals surface area (Å²) in [4.78, 5) is 21.1. The minimum atomic E-state index is -0.305. The van der Waals surface area contributed by atoms with Gasteiger partial charge in [-0.05, 0) is 48.9 Å². The van der Waals surface area contributed by atoms with Crippen LogP contribution < -0.4 is 15.4 Å². The second-order valence-electron chi connectivity index (χ2n) is 5.85. The number of benzene rings is 2. The first-order valence-electron chi connectivity index (χ1n) is 8.33. The van der Waals surface area contributed by atoms with E-state index in [1.54, 1.807) is 44.4 Å². The van der Waals surface area contributed by atoms with E-state index in [1.807, 2.05) is 24.3 Å². The molecule has 0 saturated heterocycles. The van der Waals surface area contributed by atoms with Crippen molar-refractivity contribution in [2.75, 3.05) is 17.7 Å². The lowest BCUT2D eigenvalue weighted by Gasteiger charge is -2.10. The largest absolute Gasteiger partial charge is 0.497 e. The van der Waals surface area contributed by atoms with Crippen LogP contribution in [0.3, 0.4) is 0 Å². The molecule has 0 fully saturated rings. The molecular weight excluding hydrogens is 364 g/mol. The van der Waals surface area contributed by atoms with E-state index in [-0.39, 0.29) is 11.6 Å². The maximum Gasteiger partial charge on any atom is 0.274 e. The smallest absolute Gasteiger partial charge is 0.274 e. The van der Waals surface area contributed by atoms with Gasteiger partial charge in [0.1, 0.15) is 23.1 Å². The highest BCUT2D eigenvalue weighted by Crippen LogP contribution is 2.17. The number of hydrogen-bond donors (Lipinski definition) is 2. The number of nitrogens with one attached hydrogen (secondary N) is 2. The Morgan fingerprint density at radius 1 is 1.07 bits per heavy atom. The summed E-state index contributed by atoms with van der Waals surface area (Å²) in [5.41, 5.74) is 2.00. The van der Waals surface area contributed by atoms with E-state index in [2.05, 4.69) is 20.6 Å². The van der Waals surface area contributed by atoms with Gasteiger partial charge in [0.05, 0.1) is 7.11 Å². The molecule has 0 unspecified atom stereocenters. The summed E-state index contributed by atoms with van der Waals surface area (Å²) < 4.78 is 5.11. The van der Waals surface area contributed by atoms with Crippen molar-refractivity contribution in [3.05, 3.63) is 76.7 Å². The van der Waals surface area contributed by atoms with E-state index >= 15 is 0 Å². The maximum absolute atomic E-state index is 12.5. The fraction of sp³-hybridized carbons (Fsp3) is 0.150. The monoisotopic (exact) mass is 382 g/mol. The van der Waals surface area contributed by atoms with E-state index in [0.717, 1.165) is 11.3 Å². The second kappa shape index (κ2) is 8.51. The number of methoxy groups -OCH3 is 1. The van der Waals surface area contributed by atoms with Gasteiger partial charge in [0, 0.05) is 23.3 Å². The van der Waals surface area contributed by atoms with E-state index < -0.39 is 0 Å².